The Labute approximate surface area is 93.6 Å². The van der Waals surface area contributed by atoms with E-state index in [-0.39, 0.29) is 0 Å². The SMILES string of the molecule is CN1CCc2ccc(-c3cc(N)no3)cc21. The number of fused-ring (bicyclic) bond motifs is 1. The van der Waals surface area contributed by atoms with E-state index in [2.05, 4.69) is 35.3 Å². The molecule has 2 heterocycles. The van der Waals surface area contributed by atoms with E-state index < -0.39 is 0 Å². The molecule has 0 aliphatic carbocycles. The largest absolute Gasteiger partial charge is 0.381 e. The summed E-state index contributed by atoms with van der Waals surface area (Å²) in [6.45, 7) is 1.08. The maximum Gasteiger partial charge on any atom is 0.169 e. The highest BCUT2D eigenvalue weighted by Gasteiger charge is 2.17. The van der Waals surface area contributed by atoms with E-state index in [4.69, 9.17) is 10.3 Å². The fourth-order valence-electron chi connectivity index (χ4n) is 2.12. The maximum absolute atomic E-state index is 5.54. The van der Waals surface area contributed by atoms with Crippen LogP contribution in [0.5, 0.6) is 0 Å². The van der Waals surface area contributed by atoms with Gasteiger partial charge in [0.2, 0.25) is 0 Å². The van der Waals surface area contributed by atoms with Gasteiger partial charge in [0, 0.05) is 30.9 Å². The number of nitrogen functional groups attached to an aromatic ring is 1. The fourth-order valence-corrected chi connectivity index (χ4v) is 2.12. The summed E-state index contributed by atoms with van der Waals surface area (Å²) in [4.78, 5) is 2.25. The van der Waals surface area contributed by atoms with Crippen molar-refractivity contribution in [1.82, 2.24) is 5.16 Å². The van der Waals surface area contributed by atoms with Crippen molar-refractivity contribution in [2.45, 2.75) is 6.42 Å². The second-order valence-corrected chi connectivity index (χ2v) is 4.13. The molecule has 1 aliphatic heterocycles. The molecule has 0 radical (unpaired) electrons. The van der Waals surface area contributed by atoms with Crippen molar-refractivity contribution in [1.29, 1.82) is 0 Å². The normalized spacial score (nSPS) is 14.2. The number of nitrogens with two attached hydrogens (primary N) is 1. The molecule has 1 aromatic carbocycles. The molecule has 0 atom stereocenters. The maximum atomic E-state index is 5.54. The van der Waals surface area contributed by atoms with Crippen LogP contribution < -0.4 is 10.6 Å². The van der Waals surface area contributed by atoms with E-state index in [0.717, 1.165) is 24.3 Å². The molecule has 0 bridgehead atoms. The Morgan fingerprint density at radius 2 is 2.25 bits per heavy atom. The van der Waals surface area contributed by atoms with Gasteiger partial charge in [0.15, 0.2) is 11.6 Å². The smallest absolute Gasteiger partial charge is 0.169 e. The lowest BCUT2D eigenvalue weighted by molar-refractivity contribution is 0.436. The lowest BCUT2D eigenvalue weighted by Crippen LogP contribution is -2.12. The van der Waals surface area contributed by atoms with Crippen molar-refractivity contribution < 1.29 is 4.52 Å². The van der Waals surface area contributed by atoms with Crippen LogP contribution in [-0.4, -0.2) is 18.7 Å². The summed E-state index contributed by atoms with van der Waals surface area (Å²) in [6.07, 6.45) is 1.12. The molecule has 0 unspecified atom stereocenters. The molecule has 82 valence electrons. The van der Waals surface area contributed by atoms with Gasteiger partial charge >= 0.3 is 0 Å². The van der Waals surface area contributed by atoms with E-state index >= 15 is 0 Å². The predicted octanol–water partition coefficient (Wildman–Crippen LogP) is 1.92. The highest BCUT2D eigenvalue weighted by atomic mass is 16.5. The molecule has 3 rings (SSSR count). The number of likely N-dealkylation sites (N-methyl/N-ethyl adjacent to an activating group) is 1. The Hall–Kier alpha value is -1.97. The Balaban J connectivity index is 2.07. The highest BCUT2D eigenvalue weighted by molar-refractivity contribution is 5.70. The molecule has 2 aromatic rings. The van der Waals surface area contributed by atoms with Crippen LogP contribution in [0.3, 0.4) is 0 Å². The summed E-state index contributed by atoms with van der Waals surface area (Å²) in [5, 5.41) is 3.69. The van der Waals surface area contributed by atoms with Crippen LogP contribution in [0, 0.1) is 0 Å². The van der Waals surface area contributed by atoms with Gasteiger partial charge in [-0.05, 0) is 18.1 Å². The van der Waals surface area contributed by atoms with E-state index in [1.807, 2.05) is 0 Å². The zero-order valence-electron chi connectivity index (χ0n) is 9.10. The quantitative estimate of drug-likeness (QED) is 0.789. The van der Waals surface area contributed by atoms with Gasteiger partial charge in [-0.2, -0.15) is 0 Å². The molecule has 4 heteroatoms. The topological polar surface area (TPSA) is 55.3 Å². The first-order chi connectivity index (χ1) is 7.74. The number of hydrogen-bond acceptors (Lipinski definition) is 4. The fraction of sp³-hybridized carbons (Fsp3) is 0.250. The number of nitrogens with zero attached hydrogens (tertiary/aromatic N) is 2. The van der Waals surface area contributed by atoms with E-state index in [0.29, 0.717) is 5.82 Å². The minimum absolute atomic E-state index is 0.420. The van der Waals surface area contributed by atoms with E-state index in [1.165, 1.54) is 11.3 Å². The first-order valence-electron chi connectivity index (χ1n) is 5.30. The number of rotatable bonds is 1. The number of anilines is 2. The predicted molar refractivity (Wildman–Crippen MR) is 63.3 cm³/mol. The molecule has 16 heavy (non-hydrogen) atoms. The minimum atomic E-state index is 0.420. The molecule has 1 aromatic heterocycles. The van der Waals surface area contributed by atoms with Crippen LogP contribution in [0.1, 0.15) is 5.56 Å². The van der Waals surface area contributed by atoms with Crippen LogP contribution in [0.4, 0.5) is 11.5 Å². The number of benzene rings is 1. The standard InChI is InChI=1S/C12H13N3O/c1-15-5-4-8-2-3-9(6-10(8)15)11-7-12(13)14-16-11/h2-3,6-7H,4-5H2,1H3,(H2,13,14). The van der Waals surface area contributed by atoms with Crippen LogP contribution in [-0.2, 0) is 6.42 Å². The van der Waals surface area contributed by atoms with Crippen molar-refractivity contribution in [3.05, 3.63) is 29.8 Å². The van der Waals surface area contributed by atoms with Gasteiger partial charge in [-0.25, -0.2) is 0 Å². The van der Waals surface area contributed by atoms with Gasteiger partial charge in [-0.15, -0.1) is 0 Å². The molecule has 0 spiro atoms. The zero-order valence-corrected chi connectivity index (χ0v) is 9.10. The molecule has 0 saturated carbocycles. The third-order valence-electron chi connectivity index (χ3n) is 3.03. The van der Waals surface area contributed by atoms with Gasteiger partial charge in [-0.1, -0.05) is 17.3 Å². The van der Waals surface area contributed by atoms with Gasteiger partial charge in [0.1, 0.15) is 0 Å². The monoisotopic (exact) mass is 215 g/mol. The van der Waals surface area contributed by atoms with Crippen molar-refractivity contribution in [2.75, 3.05) is 24.2 Å². The summed E-state index contributed by atoms with van der Waals surface area (Å²) in [5.41, 5.74) is 9.22. The lowest BCUT2D eigenvalue weighted by atomic mass is 10.1. The molecule has 4 nitrogen and oxygen atoms in total. The van der Waals surface area contributed by atoms with Crippen molar-refractivity contribution >= 4 is 11.5 Å². The molecule has 0 amide bonds. The second-order valence-electron chi connectivity index (χ2n) is 4.13. The zero-order chi connectivity index (χ0) is 11.1. The van der Waals surface area contributed by atoms with Crippen LogP contribution in [0.2, 0.25) is 0 Å². The summed E-state index contributed by atoms with van der Waals surface area (Å²) >= 11 is 0. The number of aromatic nitrogens is 1. The molecule has 0 fully saturated rings. The van der Waals surface area contributed by atoms with Crippen molar-refractivity contribution in [2.24, 2.45) is 0 Å². The molecule has 2 N–H and O–H groups in total. The van der Waals surface area contributed by atoms with Crippen LogP contribution >= 0.6 is 0 Å². The summed E-state index contributed by atoms with van der Waals surface area (Å²) in [5.74, 6) is 1.14. The molecular formula is C12H13N3O. The first kappa shape index (κ1) is 9.27. The Morgan fingerprint density at radius 1 is 1.38 bits per heavy atom. The average molecular weight is 215 g/mol. The molecule has 1 aliphatic rings. The van der Waals surface area contributed by atoms with E-state index in [1.54, 1.807) is 6.07 Å². The first-order valence-corrected chi connectivity index (χ1v) is 5.30. The van der Waals surface area contributed by atoms with Crippen molar-refractivity contribution in [3.63, 3.8) is 0 Å². The minimum Gasteiger partial charge on any atom is -0.381 e. The van der Waals surface area contributed by atoms with Gasteiger partial charge in [-0.3, -0.25) is 0 Å². The van der Waals surface area contributed by atoms with E-state index in [9.17, 15) is 0 Å². The summed E-state index contributed by atoms with van der Waals surface area (Å²) < 4.78 is 5.15. The number of hydrogen-bond donors (Lipinski definition) is 1. The Bertz CT molecular complexity index is 533. The highest BCUT2D eigenvalue weighted by Crippen LogP contribution is 2.32. The van der Waals surface area contributed by atoms with Gasteiger partial charge in [0.05, 0.1) is 0 Å². The molecular weight excluding hydrogens is 202 g/mol. The average Bonchev–Trinajstić information content (AvgIpc) is 2.86. The Kier molecular flexibility index (Phi) is 1.89. The lowest BCUT2D eigenvalue weighted by Gasteiger charge is -2.12. The van der Waals surface area contributed by atoms with Crippen molar-refractivity contribution in [3.8, 4) is 11.3 Å². The third kappa shape index (κ3) is 1.34. The van der Waals surface area contributed by atoms with Crippen LogP contribution in [0.15, 0.2) is 28.8 Å². The Morgan fingerprint density at radius 3 is 3.00 bits per heavy atom. The van der Waals surface area contributed by atoms with Gasteiger partial charge in [0.25, 0.3) is 0 Å². The summed E-state index contributed by atoms with van der Waals surface area (Å²) in [6, 6.07) is 8.07. The summed E-state index contributed by atoms with van der Waals surface area (Å²) in [7, 11) is 2.10. The van der Waals surface area contributed by atoms with Crippen LogP contribution in [0.25, 0.3) is 11.3 Å². The second kappa shape index (κ2) is 3.27. The molecule has 0 saturated heterocycles. The van der Waals surface area contributed by atoms with Gasteiger partial charge < -0.3 is 15.2 Å². The third-order valence-corrected chi connectivity index (χ3v) is 3.03.